The van der Waals surface area contributed by atoms with Gasteiger partial charge in [-0.25, -0.2) is 17.8 Å². The van der Waals surface area contributed by atoms with E-state index in [1.54, 1.807) is 0 Å². The highest BCUT2D eigenvalue weighted by Gasteiger charge is 2.34. The molecule has 204 valence electrons. The molecule has 3 atom stereocenters. The van der Waals surface area contributed by atoms with E-state index in [-0.39, 0.29) is 24.2 Å². The van der Waals surface area contributed by atoms with E-state index in [0.29, 0.717) is 35.8 Å². The van der Waals surface area contributed by atoms with E-state index in [0.717, 1.165) is 24.8 Å². The lowest BCUT2D eigenvalue weighted by molar-refractivity contribution is -0.141. The molecule has 1 saturated carbocycles. The second-order valence-corrected chi connectivity index (χ2v) is 11.6. The zero-order valence-corrected chi connectivity index (χ0v) is 21.8. The Morgan fingerprint density at radius 1 is 1.14 bits per heavy atom. The summed E-state index contributed by atoms with van der Waals surface area (Å²) in [4.78, 5) is 16.5. The predicted molar refractivity (Wildman–Crippen MR) is 131 cm³/mol. The molecule has 1 aromatic heterocycles. The van der Waals surface area contributed by atoms with Crippen LogP contribution >= 0.6 is 0 Å². The predicted octanol–water partition coefficient (Wildman–Crippen LogP) is 5.23. The molecule has 12 heteroatoms. The molecule has 1 amide bonds. The van der Waals surface area contributed by atoms with Crippen molar-refractivity contribution in [1.29, 1.82) is 0 Å². The number of ether oxygens (including phenoxy) is 1. The quantitative estimate of drug-likeness (QED) is 0.443. The molecule has 1 aromatic carbocycles. The van der Waals surface area contributed by atoms with Crippen molar-refractivity contribution in [2.45, 2.75) is 64.8 Å². The van der Waals surface area contributed by atoms with Crippen molar-refractivity contribution >= 4 is 21.6 Å². The number of pyridine rings is 1. The molecule has 1 heterocycles. The first-order valence-electron chi connectivity index (χ1n) is 11.9. The van der Waals surface area contributed by atoms with Crippen molar-refractivity contribution < 1.29 is 35.5 Å². The summed E-state index contributed by atoms with van der Waals surface area (Å²) in [6, 6.07) is 5.76. The maximum Gasteiger partial charge on any atom is 0.433 e. The molecule has 2 N–H and O–H groups in total. The van der Waals surface area contributed by atoms with Gasteiger partial charge < -0.3 is 10.1 Å². The summed E-state index contributed by atoms with van der Waals surface area (Å²) in [6.07, 6.45) is -1.64. The summed E-state index contributed by atoms with van der Waals surface area (Å²) in [7, 11) is -3.68. The van der Waals surface area contributed by atoms with Crippen LogP contribution in [-0.4, -0.2) is 31.7 Å². The smallest absolute Gasteiger partial charge is 0.433 e. The van der Waals surface area contributed by atoms with Crippen LogP contribution in [0.5, 0.6) is 5.88 Å². The van der Waals surface area contributed by atoms with Gasteiger partial charge in [0.1, 0.15) is 17.6 Å². The molecular formula is C25H31F4N3O4S. The highest BCUT2D eigenvalue weighted by atomic mass is 32.2. The standard InChI is InChI=1S/C25H31F4N3O4S/c1-14-9-15(2)11-19(10-14)36-24-18(6-8-22(31-24)25(27,28)29)13-30-23(33)16(3)17-5-7-21(20(26)12-17)32-37(4,34)35/h5-8,12,14-16,19,32H,9-11,13H2,1-4H3,(H,30,33). The molecule has 1 fully saturated rings. The number of aromatic nitrogens is 1. The highest BCUT2D eigenvalue weighted by molar-refractivity contribution is 7.92. The van der Waals surface area contributed by atoms with Gasteiger partial charge in [0.05, 0.1) is 17.9 Å². The molecule has 3 unspecified atom stereocenters. The third-order valence-corrected chi connectivity index (χ3v) is 6.87. The second-order valence-electron chi connectivity index (χ2n) is 9.87. The van der Waals surface area contributed by atoms with Crippen LogP contribution in [0.2, 0.25) is 0 Å². The lowest BCUT2D eigenvalue weighted by atomic mass is 9.82. The van der Waals surface area contributed by atoms with Crippen LogP contribution in [0, 0.1) is 17.7 Å². The average Bonchev–Trinajstić information content (AvgIpc) is 2.76. The number of anilines is 1. The Kier molecular flexibility index (Phi) is 8.71. The normalized spacial score (nSPS) is 21.2. The van der Waals surface area contributed by atoms with E-state index in [1.165, 1.54) is 25.1 Å². The number of hydrogen-bond acceptors (Lipinski definition) is 5. The molecule has 0 aliphatic heterocycles. The molecule has 7 nitrogen and oxygen atoms in total. The summed E-state index contributed by atoms with van der Waals surface area (Å²) in [5.74, 6) is -1.62. The number of hydrogen-bond donors (Lipinski definition) is 2. The van der Waals surface area contributed by atoms with Crippen molar-refractivity contribution in [3.05, 3.63) is 53.0 Å². The number of carbonyl (C=O) groups excluding carboxylic acids is 1. The van der Waals surface area contributed by atoms with Crippen LogP contribution in [0.3, 0.4) is 0 Å². The molecule has 1 aliphatic carbocycles. The van der Waals surface area contributed by atoms with Gasteiger partial charge in [-0.05, 0) is 67.9 Å². The Morgan fingerprint density at radius 2 is 1.78 bits per heavy atom. The monoisotopic (exact) mass is 545 g/mol. The van der Waals surface area contributed by atoms with E-state index in [2.05, 4.69) is 24.1 Å². The van der Waals surface area contributed by atoms with Gasteiger partial charge in [-0.15, -0.1) is 0 Å². The van der Waals surface area contributed by atoms with Crippen molar-refractivity contribution in [3.63, 3.8) is 0 Å². The minimum Gasteiger partial charge on any atom is -0.474 e. The number of halogens is 4. The number of carbonyl (C=O) groups is 1. The van der Waals surface area contributed by atoms with Crippen molar-refractivity contribution in [2.75, 3.05) is 11.0 Å². The van der Waals surface area contributed by atoms with Gasteiger partial charge in [-0.2, -0.15) is 13.2 Å². The van der Waals surface area contributed by atoms with Gasteiger partial charge >= 0.3 is 6.18 Å². The molecule has 37 heavy (non-hydrogen) atoms. The fraction of sp³-hybridized carbons (Fsp3) is 0.520. The van der Waals surface area contributed by atoms with Gasteiger partial charge in [0, 0.05) is 12.1 Å². The van der Waals surface area contributed by atoms with Crippen LogP contribution < -0.4 is 14.8 Å². The Balaban J connectivity index is 1.75. The fourth-order valence-electron chi connectivity index (χ4n) is 4.56. The molecule has 0 radical (unpaired) electrons. The van der Waals surface area contributed by atoms with Gasteiger partial charge in [-0.1, -0.05) is 19.9 Å². The van der Waals surface area contributed by atoms with E-state index in [1.807, 2.05) is 4.72 Å². The Bertz CT molecular complexity index is 1230. The molecular weight excluding hydrogens is 514 g/mol. The molecule has 3 rings (SSSR count). The number of alkyl halides is 3. The summed E-state index contributed by atoms with van der Waals surface area (Å²) in [6.45, 7) is 5.53. The van der Waals surface area contributed by atoms with Crippen LogP contribution in [0.4, 0.5) is 23.2 Å². The number of nitrogens with one attached hydrogen (secondary N) is 2. The molecule has 0 spiro atoms. The second kappa shape index (κ2) is 11.2. The number of nitrogens with zero attached hydrogens (tertiary/aromatic N) is 1. The first-order chi connectivity index (χ1) is 17.1. The Labute approximate surface area is 214 Å². The van der Waals surface area contributed by atoms with E-state index < -0.39 is 39.5 Å². The summed E-state index contributed by atoms with van der Waals surface area (Å²) < 4.78 is 84.9. The van der Waals surface area contributed by atoms with Crippen molar-refractivity contribution in [3.8, 4) is 5.88 Å². The zero-order valence-electron chi connectivity index (χ0n) is 21.0. The van der Waals surface area contributed by atoms with Crippen molar-refractivity contribution in [2.24, 2.45) is 11.8 Å². The maximum absolute atomic E-state index is 14.3. The lowest BCUT2D eigenvalue weighted by Gasteiger charge is -2.32. The van der Waals surface area contributed by atoms with Crippen LogP contribution in [0.15, 0.2) is 30.3 Å². The Hall–Kier alpha value is -2.89. The number of sulfonamides is 1. The Morgan fingerprint density at radius 3 is 2.35 bits per heavy atom. The van der Waals surface area contributed by atoms with E-state index in [9.17, 15) is 30.8 Å². The topological polar surface area (TPSA) is 97.4 Å². The SMILES string of the molecule is CC1CC(C)CC(Oc2nc(C(F)(F)F)ccc2CNC(=O)C(C)c2ccc(NS(C)(=O)=O)c(F)c2)C1. The summed E-state index contributed by atoms with van der Waals surface area (Å²) >= 11 is 0. The maximum atomic E-state index is 14.3. The van der Waals surface area contributed by atoms with Crippen molar-refractivity contribution in [1.82, 2.24) is 10.3 Å². The fourth-order valence-corrected chi connectivity index (χ4v) is 5.13. The van der Waals surface area contributed by atoms with E-state index in [4.69, 9.17) is 4.74 Å². The minimum absolute atomic E-state index is 0.141. The van der Waals surface area contributed by atoms with Gasteiger partial charge in [0.15, 0.2) is 0 Å². The van der Waals surface area contributed by atoms with Gasteiger partial charge in [0.25, 0.3) is 0 Å². The minimum atomic E-state index is -4.65. The number of amides is 1. The first kappa shape index (κ1) is 28.7. The van der Waals surface area contributed by atoms with Crippen LogP contribution in [-0.2, 0) is 27.5 Å². The first-order valence-corrected chi connectivity index (χ1v) is 13.8. The molecule has 0 saturated heterocycles. The number of rotatable bonds is 8. The summed E-state index contributed by atoms with van der Waals surface area (Å²) in [5, 5.41) is 2.65. The largest absolute Gasteiger partial charge is 0.474 e. The number of benzene rings is 1. The molecule has 1 aliphatic rings. The average molecular weight is 546 g/mol. The van der Waals surface area contributed by atoms with Crippen LogP contribution in [0.1, 0.15) is 62.8 Å². The lowest BCUT2D eigenvalue weighted by Crippen LogP contribution is -2.31. The molecule has 2 aromatic rings. The highest BCUT2D eigenvalue weighted by Crippen LogP contribution is 2.34. The third-order valence-electron chi connectivity index (χ3n) is 6.28. The summed E-state index contributed by atoms with van der Waals surface area (Å²) in [5.41, 5.74) is -0.747. The molecule has 0 bridgehead atoms. The van der Waals surface area contributed by atoms with Gasteiger partial charge in [0.2, 0.25) is 21.8 Å². The van der Waals surface area contributed by atoms with Gasteiger partial charge in [-0.3, -0.25) is 9.52 Å². The van der Waals surface area contributed by atoms with E-state index >= 15 is 0 Å². The van der Waals surface area contributed by atoms with Crippen LogP contribution in [0.25, 0.3) is 0 Å². The third kappa shape index (κ3) is 8.05. The zero-order chi connectivity index (χ0) is 27.5.